The molecular formula is C12H10FIN2O2. The summed E-state index contributed by atoms with van der Waals surface area (Å²) in [6.45, 7) is 0.130. The first-order chi connectivity index (χ1) is 8.54. The second-order valence-electron chi connectivity index (χ2n) is 3.86. The van der Waals surface area contributed by atoms with Gasteiger partial charge in [-0.05, 0) is 11.6 Å². The number of hydrogen-bond acceptors (Lipinski definition) is 4. The minimum Gasteiger partial charge on any atom is -0.394 e. The van der Waals surface area contributed by atoms with Gasteiger partial charge in [0.05, 0.1) is 0 Å². The van der Waals surface area contributed by atoms with E-state index in [1.165, 1.54) is 6.07 Å². The number of hydrogen-bond donors (Lipinski definition) is 2. The van der Waals surface area contributed by atoms with Gasteiger partial charge in [0.15, 0.2) is 0 Å². The Morgan fingerprint density at radius 1 is 1.28 bits per heavy atom. The van der Waals surface area contributed by atoms with Crippen LogP contribution in [-0.4, -0.2) is 0 Å². The predicted octanol–water partition coefficient (Wildman–Crippen LogP) is 1.55. The Kier molecular flexibility index (Phi) is 3.65. The largest absolute Gasteiger partial charge is 0.394 e. The SMILES string of the molecule is Nc1c(NCc2cc(CI)ccc2F)c(=O)c1=O. The zero-order valence-electron chi connectivity index (χ0n) is 9.30. The summed E-state index contributed by atoms with van der Waals surface area (Å²) in [4.78, 5) is 22.1. The second-order valence-corrected chi connectivity index (χ2v) is 4.62. The van der Waals surface area contributed by atoms with Gasteiger partial charge in [-0.1, -0.05) is 34.7 Å². The number of nitrogens with two attached hydrogens (primary N) is 1. The van der Waals surface area contributed by atoms with Gasteiger partial charge < -0.3 is 11.1 Å². The van der Waals surface area contributed by atoms with Gasteiger partial charge in [0, 0.05) is 16.5 Å². The average molecular weight is 360 g/mol. The van der Waals surface area contributed by atoms with Crippen molar-refractivity contribution < 1.29 is 4.39 Å². The minimum absolute atomic E-state index is 0.0783. The van der Waals surface area contributed by atoms with Gasteiger partial charge in [0.2, 0.25) is 0 Å². The molecule has 0 saturated carbocycles. The van der Waals surface area contributed by atoms with Crippen LogP contribution < -0.4 is 21.9 Å². The van der Waals surface area contributed by atoms with E-state index in [1.54, 1.807) is 12.1 Å². The van der Waals surface area contributed by atoms with Crippen molar-refractivity contribution in [3.63, 3.8) is 0 Å². The maximum Gasteiger partial charge on any atom is 0.253 e. The molecular weight excluding hydrogens is 350 g/mol. The monoisotopic (exact) mass is 360 g/mol. The van der Waals surface area contributed by atoms with Crippen LogP contribution in [0.3, 0.4) is 0 Å². The summed E-state index contributed by atoms with van der Waals surface area (Å²) in [5.41, 5.74) is 5.48. The molecule has 4 nitrogen and oxygen atoms in total. The highest BCUT2D eigenvalue weighted by Gasteiger charge is 2.17. The van der Waals surface area contributed by atoms with Gasteiger partial charge in [-0.2, -0.15) is 0 Å². The van der Waals surface area contributed by atoms with Crippen LogP contribution in [-0.2, 0) is 11.0 Å². The molecule has 0 atom stereocenters. The Hall–Kier alpha value is -1.44. The van der Waals surface area contributed by atoms with E-state index in [0.29, 0.717) is 5.56 Å². The fourth-order valence-electron chi connectivity index (χ4n) is 1.61. The van der Waals surface area contributed by atoms with E-state index in [1.807, 2.05) is 0 Å². The molecule has 0 spiro atoms. The first-order valence-electron chi connectivity index (χ1n) is 5.20. The second kappa shape index (κ2) is 5.05. The lowest BCUT2D eigenvalue weighted by Crippen LogP contribution is -2.36. The highest BCUT2D eigenvalue weighted by molar-refractivity contribution is 14.1. The van der Waals surface area contributed by atoms with Crippen molar-refractivity contribution in [2.75, 3.05) is 11.1 Å². The first kappa shape index (κ1) is 13.0. The van der Waals surface area contributed by atoms with Crippen molar-refractivity contribution in [1.29, 1.82) is 0 Å². The maximum atomic E-state index is 13.5. The Bertz CT molecular complexity index is 662. The van der Waals surface area contributed by atoms with Crippen LogP contribution in [0.4, 0.5) is 15.8 Å². The molecule has 94 valence electrons. The topological polar surface area (TPSA) is 72.2 Å². The quantitative estimate of drug-likeness (QED) is 0.493. The van der Waals surface area contributed by atoms with E-state index in [-0.39, 0.29) is 23.7 Å². The molecule has 0 unspecified atom stereocenters. The van der Waals surface area contributed by atoms with Gasteiger partial charge >= 0.3 is 0 Å². The van der Waals surface area contributed by atoms with E-state index in [4.69, 9.17) is 5.73 Å². The molecule has 0 bridgehead atoms. The Morgan fingerprint density at radius 2 is 2.00 bits per heavy atom. The van der Waals surface area contributed by atoms with E-state index in [2.05, 4.69) is 27.9 Å². The molecule has 0 aliphatic rings. The van der Waals surface area contributed by atoms with Gasteiger partial charge in [-0.25, -0.2) is 4.39 Å². The number of nitrogen functional groups attached to an aromatic ring is 1. The lowest BCUT2D eigenvalue weighted by molar-refractivity contribution is 0.612. The standard InChI is InChI=1S/C12H10FIN2O2/c13-8-2-1-6(4-14)3-7(8)5-16-10-9(15)11(17)12(10)18/h1-3,16H,4-5,15H2. The van der Waals surface area contributed by atoms with E-state index >= 15 is 0 Å². The molecule has 2 aromatic carbocycles. The number of rotatable bonds is 4. The van der Waals surface area contributed by atoms with E-state index < -0.39 is 10.9 Å². The van der Waals surface area contributed by atoms with Crippen molar-refractivity contribution >= 4 is 34.0 Å². The smallest absolute Gasteiger partial charge is 0.253 e. The van der Waals surface area contributed by atoms with Gasteiger partial charge in [0.1, 0.15) is 17.2 Å². The Labute approximate surface area is 116 Å². The Morgan fingerprint density at radius 3 is 2.61 bits per heavy atom. The molecule has 2 rings (SSSR count). The van der Waals surface area contributed by atoms with Crippen molar-refractivity contribution in [1.82, 2.24) is 0 Å². The molecule has 18 heavy (non-hydrogen) atoms. The third kappa shape index (κ3) is 2.24. The number of alkyl halides is 1. The number of anilines is 2. The van der Waals surface area contributed by atoms with Crippen LogP contribution >= 0.6 is 22.6 Å². The lowest BCUT2D eigenvalue weighted by Gasteiger charge is -2.11. The molecule has 0 aromatic heterocycles. The van der Waals surface area contributed by atoms with Crippen molar-refractivity contribution in [2.24, 2.45) is 0 Å². The first-order valence-corrected chi connectivity index (χ1v) is 6.73. The summed E-state index contributed by atoms with van der Waals surface area (Å²) < 4.78 is 14.3. The van der Waals surface area contributed by atoms with Crippen LogP contribution in [0, 0.1) is 5.82 Å². The van der Waals surface area contributed by atoms with Crippen molar-refractivity contribution in [3.05, 3.63) is 55.6 Å². The Balaban J connectivity index is 2.16. The van der Waals surface area contributed by atoms with Crippen LogP contribution in [0.15, 0.2) is 27.8 Å². The zero-order chi connectivity index (χ0) is 13.3. The summed E-state index contributed by atoms with van der Waals surface area (Å²) >= 11 is 2.18. The maximum absolute atomic E-state index is 13.5. The van der Waals surface area contributed by atoms with Crippen LogP contribution in [0.5, 0.6) is 0 Å². The summed E-state index contributed by atoms with van der Waals surface area (Å²) in [7, 11) is 0. The third-order valence-corrected chi connectivity index (χ3v) is 3.55. The van der Waals surface area contributed by atoms with Crippen LogP contribution in [0.25, 0.3) is 0 Å². The van der Waals surface area contributed by atoms with Gasteiger partial charge in [-0.3, -0.25) is 9.59 Å². The number of halogens is 2. The number of nitrogens with one attached hydrogen (secondary N) is 1. The van der Waals surface area contributed by atoms with Crippen LogP contribution in [0.1, 0.15) is 11.1 Å². The summed E-state index contributed by atoms with van der Waals surface area (Å²) in [5.74, 6) is -0.353. The predicted molar refractivity (Wildman–Crippen MR) is 77.2 cm³/mol. The molecule has 0 heterocycles. The highest BCUT2D eigenvalue weighted by atomic mass is 127. The zero-order valence-corrected chi connectivity index (χ0v) is 11.5. The van der Waals surface area contributed by atoms with Crippen molar-refractivity contribution in [2.45, 2.75) is 11.0 Å². The molecule has 2 aromatic rings. The molecule has 0 fully saturated rings. The van der Waals surface area contributed by atoms with E-state index in [0.717, 1.165) is 9.99 Å². The fourth-order valence-corrected chi connectivity index (χ4v) is 2.09. The molecule has 0 saturated heterocycles. The average Bonchev–Trinajstić information content (AvgIpc) is 2.40. The molecule has 6 heteroatoms. The summed E-state index contributed by atoms with van der Waals surface area (Å²) in [6.07, 6.45) is 0. The summed E-state index contributed by atoms with van der Waals surface area (Å²) in [6, 6.07) is 4.81. The lowest BCUT2D eigenvalue weighted by atomic mass is 10.1. The molecule has 0 radical (unpaired) electrons. The fraction of sp³-hybridized carbons (Fsp3) is 0.167. The molecule has 0 amide bonds. The van der Waals surface area contributed by atoms with Crippen molar-refractivity contribution in [3.8, 4) is 0 Å². The van der Waals surface area contributed by atoms with Gasteiger partial charge in [-0.15, -0.1) is 0 Å². The van der Waals surface area contributed by atoms with Gasteiger partial charge in [0.25, 0.3) is 10.9 Å². The third-order valence-electron chi connectivity index (χ3n) is 2.67. The molecule has 0 aliphatic carbocycles. The molecule has 3 N–H and O–H groups in total. The number of benzene rings is 1. The highest BCUT2D eigenvalue weighted by Crippen LogP contribution is 2.16. The normalized spacial score (nSPS) is 10.8. The van der Waals surface area contributed by atoms with Crippen LogP contribution in [0.2, 0.25) is 0 Å². The molecule has 0 aliphatic heterocycles. The minimum atomic E-state index is -0.681. The summed E-state index contributed by atoms with van der Waals surface area (Å²) in [5, 5.41) is 2.70. The van der Waals surface area contributed by atoms with E-state index in [9.17, 15) is 14.0 Å².